The lowest BCUT2D eigenvalue weighted by molar-refractivity contribution is 0.105. The van der Waals surface area contributed by atoms with E-state index in [0.717, 1.165) is 57.1 Å². The number of urea groups is 1. The molecule has 2 N–H and O–H groups in total. The summed E-state index contributed by atoms with van der Waals surface area (Å²) in [4.78, 5) is 15.3. The maximum absolute atomic E-state index is 13.1. The maximum atomic E-state index is 13.1. The first kappa shape index (κ1) is 20.3. The molecule has 2 aliphatic heterocycles. The van der Waals surface area contributed by atoms with Crippen LogP contribution in [0.15, 0.2) is 6.07 Å². The molecule has 1 aromatic rings. The highest BCUT2D eigenvalue weighted by atomic mass is 32.2. The number of fused-ring (bicyclic) bond motifs is 4. The van der Waals surface area contributed by atoms with E-state index >= 15 is 0 Å². The van der Waals surface area contributed by atoms with Gasteiger partial charge in [-0.25, -0.2) is 17.9 Å². The van der Waals surface area contributed by atoms with E-state index in [1.54, 1.807) is 0 Å². The smallest absolute Gasteiger partial charge is 0.307 e. The SMILES string of the molecule is CC(C)N1[C@@H]2CC[C@H]1C[C@H](S(=O)(=O)NC(=O)Nc1c3c(cc4c1CCC4)CCC3)C2. The Morgan fingerprint density at radius 2 is 1.57 bits per heavy atom. The number of aryl methyl sites for hydroxylation is 2. The van der Waals surface area contributed by atoms with Gasteiger partial charge in [0, 0.05) is 23.8 Å². The Hall–Kier alpha value is -1.60. The molecular formula is C23H33N3O3S. The van der Waals surface area contributed by atoms with Crippen molar-refractivity contribution in [1.82, 2.24) is 9.62 Å². The van der Waals surface area contributed by atoms with E-state index in [1.807, 2.05) is 0 Å². The molecule has 6 nitrogen and oxygen atoms in total. The highest BCUT2D eigenvalue weighted by molar-refractivity contribution is 7.90. The molecule has 0 saturated carbocycles. The van der Waals surface area contributed by atoms with E-state index in [4.69, 9.17) is 0 Å². The summed E-state index contributed by atoms with van der Waals surface area (Å²) in [7, 11) is -3.69. The van der Waals surface area contributed by atoms with Crippen LogP contribution >= 0.6 is 0 Å². The van der Waals surface area contributed by atoms with Crippen LogP contribution < -0.4 is 10.0 Å². The zero-order valence-corrected chi connectivity index (χ0v) is 18.9. The van der Waals surface area contributed by atoms with Gasteiger partial charge in [0.05, 0.1) is 5.25 Å². The molecule has 2 saturated heterocycles. The number of anilines is 1. The predicted octanol–water partition coefficient (Wildman–Crippen LogP) is 3.52. The van der Waals surface area contributed by atoms with Gasteiger partial charge in [-0.3, -0.25) is 4.90 Å². The molecule has 0 aromatic heterocycles. The molecule has 0 unspecified atom stereocenters. The normalized spacial score (nSPS) is 27.9. The first-order valence-corrected chi connectivity index (χ1v) is 13.1. The zero-order valence-electron chi connectivity index (χ0n) is 18.0. The molecule has 30 heavy (non-hydrogen) atoms. The molecule has 2 amide bonds. The number of benzene rings is 1. The molecule has 0 radical (unpaired) electrons. The van der Waals surface area contributed by atoms with Crippen LogP contribution in [0, 0.1) is 0 Å². The average molecular weight is 432 g/mol. The quantitative estimate of drug-likeness (QED) is 0.765. The number of nitrogens with zero attached hydrogens (tertiary/aromatic N) is 1. The van der Waals surface area contributed by atoms with Crippen molar-refractivity contribution in [3.8, 4) is 0 Å². The van der Waals surface area contributed by atoms with Crippen LogP contribution in [0.25, 0.3) is 0 Å². The van der Waals surface area contributed by atoms with Crippen LogP contribution in [0.1, 0.15) is 74.6 Å². The third-order valence-corrected chi connectivity index (χ3v) is 9.46. The number of sulfonamides is 1. The molecule has 1 aromatic carbocycles. The largest absolute Gasteiger partial charge is 0.332 e. The predicted molar refractivity (Wildman–Crippen MR) is 118 cm³/mol. The number of amides is 2. The summed E-state index contributed by atoms with van der Waals surface area (Å²) in [6.07, 6.45) is 9.58. The summed E-state index contributed by atoms with van der Waals surface area (Å²) >= 11 is 0. The third-order valence-electron chi connectivity index (χ3n) is 7.73. The minimum atomic E-state index is -3.69. The second-order valence-corrected chi connectivity index (χ2v) is 11.8. The van der Waals surface area contributed by atoms with Crippen molar-refractivity contribution in [2.75, 3.05) is 5.32 Å². The lowest BCUT2D eigenvalue weighted by Gasteiger charge is -2.41. The number of hydrogen-bond donors (Lipinski definition) is 2. The Morgan fingerprint density at radius 1 is 1.00 bits per heavy atom. The van der Waals surface area contributed by atoms with Crippen LogP contribution in [0.4, 0.5) is 10.5 Å². The Labute approximate surface area is 179 Å². The highest BCUT2D eigenvalue weighted by Crippen LogP contribution is 2.40. The summed E-state index contributed by atoms with van der Waals surface area (Å²) in [5.74, 6) is 0. The van der Waals surface area contributed by atoms with E-state index < -0.39 is 21.3 Å². The summed E-state index contributed by atoms with van der Waals surface area (Å²) in [5.41, 5.74) is 5.97. The monoisotopic (exact) mass is 431 g/mol. The van der Waals surface area contributed by atoms with Gasteiger partial charge >= 0.3 is 6.03 Å². The molecule has 2 bridgehead atoms. The van der Waals surface area contributed by atoms with Crippen molar-refractivity contribution >= 4 is 21.7 Å². The van der Waals surface area contributed by atoms with E-state index in [0.29, 0.717) is 31.0 Å². The molecule has 4 aliphatic rings. The van der Waals surface area contributed by atoms with Gasteiger partial charge in [-0.1, -0.05) is 6.07 Å². The molecule has 3 atom stereocenters. The van der Waals surface area contributed by atoms with Crippen LogP contribution in [0.3, 0.4) is 0 Å². The Balaban J connectivity index is 1.31. The van der Waals surface area contributed by atoms with Gasteiger partial charge in [0.1, 0.15) is 0 Å². The fraction of sp³-hybridized carbons (Fsp3) is 0.696. The Kier molecular flexibility index (Phi) is 5.09. The average Bonchev–Trinajstić information content (AvgIpc) is 3.38. The minimum absolute atomic E-state index is 0.314. The molecule has 7 heteroatoms. The number of rotatable bonds is 4. The van der Waals surface area contributed by atoms with E-state index in [2.05, 4.69) is 34.9 Å². The zero-order chi connectivity index (χ0) is 21.0. The van der Waals surface area contributed by atoms with Crippen molar-refractivity contribution in [3.63, 3.8) is 0 Å². The number of piperidine rings is 1. The number of carbonyl (C=O) groups excluding carboxylic acids is 1. The molecule has 2 heterocycles. The minimum Gasteiger partial charge on any atom is -0.307 e. The van der Waals surface area contributed by atoms with Crippen LogP contribution in [0.2, 0.25) is 0 Å². The lowest BCUT2D eigenvalue weighted by Crippen LogP contribution is -2.52. The van der Waals surface area contributed by atoms with E-state index in [9.17, 15) is 13.2 Å². The second-order valence-electron chi connectivity index (χ2n) is 9.85. The van der Waals surface area contributed by atoms with Crippen molar-refractivity contribution in [2.45, 2.75) is 101 Å². The highest BCUT2D eigenvalue weighted by Gasteiger charge is 2.46. The fourth-order valence-corrected chi connectivity index (χ4v) is 8.01. The van der Waals surface area contributed by atoms with Crippen molar-refractivity contribution in [3.05, 3.63) is 28.3 Å². The molecule has 2 fully saturated rings. The lowest BCUT2D eigenvalue weighted by atomic mass is 9.99. The summed E-state index contributed by atoms with van der Waals surface area (Å²) in [6, 6.07) is 2.78. The molecular weight excluding hydrogens is 398 g/mol. The van der Waals surface area contributed by atoms with E-state index in [1.165, 1.54) is 22.3 Å². The number of carbonyl (C=O) groups is 1. The topological polar surface area (TPSA) is 78.5 Å². The second kappa shape index (κ2) is 7.52. The summed E-state index contributed by atoms with van der Waals surface area (Å²) in [5, 5.41) is 2.48. The molecule has 164 valence electrons. The van der Waals surface area contributed by atoms with Gasteiger partial charge in [-0.05, 0) is 100 Å². The third kappa shape index (κ3) is 3.44. The van der Waals surface area contributed by atoms with Crippen LogP contribution in [-0.4, -0.2) is 42.7 Å². The van der Waals surface area contributed by atoms with Crippen LogP contribution in [0.5, 0.6) is 0 Å². The number of hydrogen-bond acceptors (Lipinski definition) is 4. The maximum Gasteiger partial charge on any atom is 0.332 e. The summed E-state index contributed by atoms with van der Waals surface area (Å²) in [6.45, 7) is 4.37. The van der Waals surface area contributed by atoms with Crippen LogP contribution in [-0.2, 0) is 35.7 Å². The van der Waals surface area contributed by atoms with Gasteiger partial charge < -0.3 is 5.32 Å². The van der Waals surface area contributed by atoms with Gasteiger partial charge in [-0.15, -0.1) is 0 Å². The summed E-state index contributed by atoms with van der Waals surface area (Å²) < 4.78 is 28.5. The first-order chi connectivity index (χ1) is 14.3. The van der Waals surface area contributed by atoms with Gasteiger partial charge in [0.2, 0.25) is 10.0 Å². The van der Waals surface area contributed by atoms with Crippen molar-refractivity contribution in [1.29, 1.82) is 0 Å². The van der Waals surface area contributed by atoms with E-state index in [-0.39, 0.29) is 0 Å². The van der Waals surface area contributed by atoms with Crippen molar-refractivity contribution in [2.24, 2.45) is 0 Å². The fourth-order valence-electron chi connectivity index (χ4n) is 6.58. The Bertz CT molecular complexity index is 926. The van der Waals surface area contributed by atoms with Gasteiger partial charge in [-0.2, -0.15) is 0 Å². The Morgan fingerprint density at radius 3 is 2.10 bits per heavy atom. The molecule has 5 rings (SSSR count). The van der Waals surface area contributed by atoms with Gasteiger partial charge in [0.25, 0.3) is 0 Å². The first-order valence-electron chi connectivity index (χ1n) is 11.6. The molecule has 0 spiro atoms. The molecule has 2 aliphatic carbocycles. The standard InChI is InChI=1S/C23H33N3O3S/c1-14(2)26-17-9-10-18(26)13-19(12-17)30(28,29)25-23(27)24-22-20-7-3-5-15(20)11-16-6-4-8-21(16)22/h11,14,17-19H,3-10,12-13H2,1-2H3,(H2,24,25,27)/t17-,18+,19-. The van der Waals surface area contributed by atoms with Gasteiger partial charge in [0.15, 0.2) is 0 Å². The number of nitrogens with one attached hydrogen (secondary N) is 2. The van der Waals surface area contributed by atoms with Crippen molar-refractivity contribution < 1.29 is 13.2 Å².